The number of rotatable bonds is 4. The molecule has 4 rings (SSSR count). The van der Waals surface area contributed by atoms with Gasteiger partial charge in [-0.3, -0.25) is 9.69 Å². The molecule has 1 aliphatic heterocycles. The maximum Gasteiger partial charge on any atom is 0.416 e. The Labute approximate surface area is 171 Å². The molecule has 1 aromatic carbocycles. The lowest BCUT2D eigenvalue weighted by molar-refractivity contribution is -0.137. The molecule has 2 aliphatic carbocycles. The van der Waals surface area contributed by atoms with Gasteiger partial charge in [-0.15, -0.1) is 0 Å². The molecule has 160 valence electrons. The van der Waals surface area contributed by atoms with Crippen molar-refractivity contribution in [3.63, 3.8) is 0 Å². The van der Waals surface area contributed by atoms with Crippen LogP contribution in [0.15, 0.2) is 24.3 Å². The van der Waals surface area contributed by atoms with E-state index in [0.717, 1.165) is 57.7 Å². The molecule has 2 saturated carbocycles. The van der Waals surface area contributed by atoms with Gasteiger partial charge in [-0.2, -0.15) is 13.2 Å². The SMILES string of the molecule is O=C(NC1CCC2CN(Cc3cccc(C(F)(F)F)c3)CC21)C1CCCCCC1. The van der Waals surface area contributed by atoms with Gasteiger partial charge < -0.3 is 5.32 Å². The zero-order valence-corrected chi connectivity index (χ0v) is 16.9. The first-order chi connectivity index (χ1) is 13.9. The molecular weight excluding hydrogens is 377 g/mol. The first-order valence-corrected chi connectivity index (χ1v) is 11.1. The minimum absolute atomic E-state index is 0.166. The highest BCUT2D eigenvalue weighted by molar-refractivity contribution is 5.79. The lowest BCUT2D eigenvalue weighted by atomic mass is 9.95. The Morgan fingerprint density at radius 1 is 1.03 bits per heavy atom. The molecule has 3 unspecified atom stereocenters. The molecule has 3 fully saturated rings. The van der Waals surface area contributed by atoms with Crippen molar-refractivity contribution in [1.29, 1.82) is 0 Å². The van der Waals surface area contributed by atoms with Crippen molar-refractivity contribution in [1.82, 2.24) is 10.2 Å². The van der Waals surface area contributed by atoms with Crippen LogP contribution in [0.4, 0.5) is 13.2 Å². The highest BCUT2D eigenvalue weighted by Crippen LogP contribution is 2.39. The molecular formula is C23H31F3N2O. The van der Waals surface area contributed by atoms with Crippen molar-refractivity contribution in [2.45, 2.75) is 70.1 Å². The van der Waals surface area contributed by atoms with E-state index in [1.165, 1.54) is 25.0 Å². The molecule has 1 amide bonds. The van der Waals surface area contributed by atoms with Crippen molar-refractivity contribution in [2.75, 3.05) is 13.1 Å². The van der Waals surface area contributed by atoms with Crippen LogP contribution < -0.4 is 5.32 Å². The predicted molar refractivity (Wildman–Crippen MR) is 106 cm³/mol. The van der Waals surface area contributed by atoms with E-state index in [4.69, 9.17) is 0 Å². The Bertz CT molecular complexity index is 712. The van der Waals surface area contributed by atoms with E-state index in [0.29, 0.717) is 23.9 Å². The summed E-state index contributed by atoms with van der Waals surface area (Å²) >= 11 is 0. The maximum absolute atomic E-state index is 13.0. The van der Waals surface area contributed by atoms with Crippen LogP contribution in [-0.2, 0) is 17.5 Å². The second-order valence-electron chi connectivity index (χ2n) is 9.20. The molecule has 1 saturated heterocycles. The Kier molecular flexibility index (Phi) is 6.19. The number of amides is 1. The van der Waals surface area contributed by atoms with E-state index in [2.05, 4.69) is 10.2 Å². The number of hydrogen-bond donors (Lipinski definition) is 1. The van der Waals surface area contributed by atoms with Gasteiger partial charge in [-0.1, -0.05) is 43.9 Å². The fourth-order valence-electron chi connectivity index (χ4n) is 5.61. The summed E-state index contributed by atoms with van der Waals surface area (Å²) in [4.78, 5) is 15.0. The number of fused-ring (bicyclic) bond motifs is 1. The summed E-state index contributed by atoms with van der Waals surface area (Å²) in [7, 11) is 0. The number of likely N-dealkylation sites (tertiary alicyclic amines) is 1. The number of carbonyl (C=O) groups excluding carboxylic acids is 1. The second kappa shape index (κ2) is 8.66. The first kappa shape index (κ1) is 20.7. The lowest BCUT2D eigenvalue weighted by Gasteiger charge is -2.24. The van der Waals surface area contributed by atoms with Crippen LogP contribution in [0.5, 0.6) is 0 Å². The third-order valence-electron chi connectivity index (χ3n) is 7.15. The average Bonchev–Trinajstić information content (AvgIpc) is 3.10. The average molecular weight is 409 g/mol. The Hall–Kier alpha value is -1.56. The molecule has 6 heteroatoms. The van der Waals surface area contributed by atoms with Crippen molar-refractivity contribution in [3.05, 3.63) is 35.4 Å². The smallest absolute Gasteiger partial charge is 0.353 e. The summed E-state index contributed by atoms with van der Waals surface area (Å²) in [5, 5.41) is 3.35. The monoisotopic (exact) mass is 408 g/mol. The predicted octanol–water partition coefficient (Wildman–Crippen LogP) is 5.00. The van der Waals surface area contributed by atoms with Gasteiger partial charge in [0.1, 0.15) is 0 Å². The summed E-state index contributed by atoms with van der Waals surface area (Å²) in [6, 6.07) is 5.88. The number of nitrogens with one attached hydrogen (secondary N) is 1. The summed E-state index contributed by atoms with van der Waals surface area (Å²) in [5.74, 6) is 1.36. The standard InChI is InChI=1S/C23H31F3N2O/c24-23(25,26)19-9-5-6-16(12-19)13-28-14-18-10-11-21(20(18)15-28)27-22(29)17-7-3-1-2-4-8-17/h5-6,9,12,17-18,20-21H,1-4,7-8,10-11,13-15H2,(H,27,29). The van der Waals surface area contributed by atoms with Gasteiger partial charge in [0.05, 0.1) is 5.56 Å². The molecule has 0 aromatic heterocycles. The molecule has 29 heavy (non-hydrogen) atoms. The van der Waals surface area contributed by atoms with Crippen molar-refractivity contribution < 1.29 is 18.0 Å². The van der Waals surface area contributed by atoms with Crippen LogP contribution in [0.2, 0.25) is 0 Å². The Morgan fingerprint density at radius 3 is 2.52 bits per heavy atom. The number of hydrogen-bond acceptors (Lipinski definition) is 2. The fraction of sp³-hybridized carbons (Fsp3) is 0.696. The molecule has 1 N–H and O–H groups in total. The van der Waals surface area contributed by atoms with Crippen LogP contribution in [0.25, 0.3) is 0 Å². The second-order valence-corrected chi connectivity index (χ2v) is 9.20. The number of nitrogens with zero attached hydrogens (tertiary/aromatic N) is 1. The zero-order chi connectivity index (χ0) is 20.4. The van der Waals surface area contributed by atoms with Crippen molar-refractivity contribution >= 4 is 5.91 Å². The van der Waals surface area contributed by atoms with Gasteiger partial charge in [0.15, 0.2) is 0 Å². The third kappa shape index (κ3) is 4.96. The molecule has 1 heterocycles. The molecule has 3 nitrogen and oxygen atoms in total. The van der Waals surface area contributed by atoms with Gasteiger partial charge in [0.2, 0.25) is 5.91 Å². The van der Waals surface area contributed by atoms with E-state index in [9.17, 15) is 18.0 Å². The quantitative estimate of drug-likeness (QED) is 0.711. The topological polar surface area (TPSA) is 32.3 Å². The van der Waals surface area contributed by atoms with Crippen LogP contribution in [0, 0.1) is 17.8 Å². The molecule has 3 atom stereocenters. The molecule has 0 bridgehead atoms. The minimum atomic E-state index is -4.30. The maximum atomic E-state index is 13.0. The molecule has 1 aromatic rings. The summed E-state index contributed by atoms with van der Waals surface area (Å²) in [6.45, 7) is 2.31. The van der Waals surface area contributed by atoms with Gasteiger partial charge in [0.25, 0.3) is 0 Å². The summed E-state index contributed by atoms with van der Waals surface area (Å²) in [6.07, 6.45) is 4.63. The summed E-state index contributed by atoms with van der Waals surface area (Å²) in [5.41, 5.74) is 0.127. The Morgan fingerprint density at radius 2 is 1.79 bits per heavy atom. The van der Waals surface area contributed by atoms with Crippen molar-refractivity contribution in [3.8, 4) is 0 Å². The van der Waals surface area contributed by atoms with E-state index in [1.807, 2.05) is 0 Å². The van der Waals surface area contributed by atoms with Gasteiger partial charge in [-0.05, 0) is 49.1 Å². The molecule has 3 aliphatic rings. The van der Waals surface area contributed by atoms with Gasteiger partial charge >= 0.3 is 6.18 Å². The minimum Gasteiger partial charge on any atom is -0.353 e. The normalized spacial score (nSPS) is 28.9. The fourth-order valence-corrected chi connectivity index (χ4v) is 5.61. The van der Waals surface area contributed by atoms with E-state index in [1.54, 1.807) is 6.07 Å². The molecule has 0 spiro atoms. The van der Waals surface area contributed by atoms with E-state index in [-0.39, 0.29) is 17.9 Å². The van der Waals surface area contributed by atoms with Crippen LogP contribution >= 0.6 is 0 Å². The van der Waals surface area contributed by atoms with Crippen molar-refractivity contribution in [2.24, 2.45) is 17.8 Å². The number of halogens is 3. The lowest BCUT2D eigenvalue weighted by Crippen LogP contribution is -2.42. The number of alkyl halides is 3. The largest absolute Gasteiger partial charge is 0.416 e. The van der Waals surface area contributed by atoms with Crippen LogP contribution in [0.3, 0.4) is 0 Å². The third-order valence-corrected chi connectivity index (χ3v) is 7.15. The van der Waals surface area contributed by atoms with Crippen LogP contribution in [0.1, 0.15) is 62.5 Å². The zero-order valence-electron chi connectivity index (χ0n) is 16.9. The van der Waals surface area contributed by atoms with E-state index < -0.39 is 11.7 Å². The van der Waals surface area contributed by atoms with E-state index >= 15 is 0 Å². The Balaban J connectivity index is 1.33. The highest BCUT2D eigenvalue weighted by atomic mass is 19.4. The van der Waals surface area contributed by atoms with Gasteiger partial charge in [-0.25, -0.2) is 0 Å². The highest BCUT2D eigenvalue weighted by Gasteiger charge is 2.43. The van der Waals surface area contributed by atoms with Gasteiger partial charge in [0, 0.05) is 31.6 Å². The molecule has 0 radical (unpaired) electrons. The summed E-state index contributed by atoms with van der Waals surface area (Å²) < 4.78 is 38.9. The van der Waals surface area contributed by atoms with Crippen LogP contribution in [-0.4, -0.2) is 29.9 Å². The number of carbonyl (C=O) groups is 1. The first-order valence-electron chi connectivity index (χ1n) is 11.1. The number of benzene rings is 1.